The zero-order valence-electron chi connectivity index (χ0n) is 5.63. The van der Waals surface area contributed by atoms with Crippen LogP contribution in [-0.4, -0.2) is 17.0 Å². The Bertz CT molecular complexity index is 122. The van der Waals surface area contributed by atoms with Crippen molar-refractivity contribution in [1.29, 1.82) is 0 Å². The van der Waals surface area contributed by atoms with Gasteiger partial charge in [0.05, 0.1) is 5.60 Å². The summed E-state index contributed by atoms with van der Waals surface area (Å²) in [4.78, 5) is 0. The summed E-state index contributed by atoms with van der Waals surface area (Å²) in [6.45, 7) is 5.54. The van der Waals surface area contributed by atoms with Crippen molar-refractivity contribution >= 4 is 0 Å². The highest BCUT2D eigenvalue weighted by molar-refractivity contribution is 4.96. The summed E-state index contributed by atoms with van der Waals surface area (Å²) in [5.74, 6) is 0. The Morgan fingerprint density at radius 1 is 1.89 bits per heavy atom. The molecule has 1 fully saturated rings. The first-order valence-electron chi connectivity index (χ1n) is 3.16. The van der Waals surface area contributed by atoms with Gasteiger partial charge in [0.1, 0.15) is 0 Å². The van der Waals surface area contributed by atoms with Gasteiger partial charge in [-0.2, -0.15) is 0 Å². The summed E-state index contributed by atoms with van der Waals surface area (Å²) in [6.07, 6.45) is 2.76. The Hall–Kier alpha value is -0.340. The molecule has 52 valence electrons. The van der Waals surface area contributed by atoms with Gasteiger partial charge in [0, 0.05) is 6.42 Å². The minimum atomic E-state index is -0.576. The predicted octanol–water partition coefficient (Wildman–Crippen LogP) is 1.06. The molecule has 0 radical (unpaired) electrons. The molecule has 2 nitrogen and oxygen atoms in total. The van der Waals surface area contributed by atoms with E-state index in [1.165, 1.54) is 0 Å². The average Bonchev–Trinajstić information content (AvgIpc) is 2.13. The molecule has 0 bridgehead atoms. The molecule has 1 heterocycles. The van der Waals surface area contributed by atoms with Crippen LogP contribution in [0, 0.1) is 0 Å². The number of aliphatic hydroxyl groups excluding tert-OH is 1. The Balaban J connectivity index is 2.54. The van der Waals surface area contributed by atoms with E-state index < -0.39 is 6.29 Å². The molecule has 0 aromatic rings. The summed E-state index contributed by atoms with van der Waals surface area (Å²) < 4.78 is 5.14. The Kier molecular flexibility index (Phi) is 1.60. The summed E-state index contributed by atoms with van der Waals surface area (Å²) in [5, 5.41) is 8.93. The van der Waals surface area contributed by atoms with Crippen molar-refractivity contribution in [2.45, 2.75) is 31.7 Å². The van der Waals surface area contributed by atoms with E-state index in [4.69, 9.17) is 9.84 Å². The highest BCUT2D eigenvalue weighted by Crippen LogP contribution is 2.29. The third-order valence-corrected chi connectivity index (χ3v) is 1.72. The molecule has 0 aromatic heterocycles. The van der Waals surface area contributed by atoms with Gasteiger partial charge in [0.2, 0.25) is 0 Å². The third kappa shape index (κ3) is 1.32. The van der Waals surface area contributed by atoms with E-state index in [1.54, 1.807) is 6.08 Å². The van der Waals surface area contributed by atoms with Gasteiger partial charge in [0.25, 0.3) is 0 Å². The van der Waals surface area contributed by atoms with Crippen LogP contribution in [0.15, 0.2) is 12.7 Å². The molecule has 2 unspecified atom stereocenters. The topological polar surface area (TPSA) is 29.5 Å². The van der Waals surface area contributed by atoms with Gasteiger partial charge in [-0.25, -0.2) is 0 Å². The second-order valence-electron chi connectivity index (χ2n) is 2.63. The monoisotopic (exact) mass is 128 g/mol. The lowest BCUT2D eigenvalue weighted by atomic mass is 10.0. The van der Waals surface area contributed by atoms with Crippen LogP contribution in [0.5, 0.6) is 0 Å². The first-order valence-corrected chi connectivity index (χ1v) is 3.16. The fourth-order valence-corrected chi connectivity index (χ4v) is 0.989. The number of hydrogen-bond acceptors (Lipinski definition) is 2. The van der Waals surface area contributed by atoms with Crippen molar-refractivity contribution in [3.8, 4) is 0 Å². The van der Waals surface area contributed by atoms with Crippen molar-refractivity contribution < 1.29 is 9.84 Å². The van der Waals surface area contributed by atoms with Crippen LogP contribution in [0.4, 0.5) is 0 Å². The molecule has 0 aromatic carbocycles. The predicted molar refractivity (Wildman–Crippen MR) is 34.9 cm³/mol. The summed E-state index contributed by atoms with van der Waals surface area (Å²) >= 11 is 0. The SMILES string of the molecule is C=CC1(C)CCC(O)O1. The molecule has 0 aliphatic carbocycles. The fourth-order valence-electron chi connectivity index (χ4n) is 0.989. The molecule has 9 heavy (non-hydrogen) atoms. The van der Waals surface area contributed by atoms with Crippen molar-refractivity contribution in [2.75, 3.05) is 0 Å². The van der Waals surface area contributed by atoms with Crippen LogP contribution in [0.2, 0.25) is 0 Å². The first kappa shape index (κ1) is 6.78. The van der Waals surface area contributed by atoms with Gasteiger partial charge in [0.15, 0.2) is 6.29 Å². The van der Waals surface area contributed by atoms with Gasteiger partial charge in [-0.3, -0.25) is 0 Å². The lowest BCUT2D eigenvalue weighted by Gasteiger charge is -2.17. The van der Waals surface area contributed by atoms with Crippen LogP contribution in [0.25, 0.3) is 0 Å². The second kappa shape index (κ2) is 2.12. The molecular formula is C7H12O2. The molecule has 0 saturated carbocycles. The van der Waals surface area contributed by atoms with Crippen LogP contribution in [-0.2, 0) is 4.74 Å². The largest absolute Gasteiger partial charge is 0.368 e. The molecule has 1 N–H and O–H groups in total. The Morgan fingerprint density at radius 2 is 2.56 bits per heavy atom. The summed E-state index contributed by atoms with van der Waals surface area (Å²) in [6, 6.07) is 0. The number of ether oxygens (including phenoxy) is 1. The Morgan fingerprint density at radius 3 is 2.78 bits per heavy atom. The van der Waals surface area contributed by atoms with Crippen LogP contribution < -0.4 is 0 Å². The lowest BCUT2D eigenvalue weighted by Crippen LogP contribution is -2.21. The molecule has 2 atom stereocenters. The van der Waals surface area contributed by atoms with Crippen LogP contribution in [0.3, 0.4) is 0 Å². The summed E-state index contributed by atoms with van der Waals surface area (Å²) in [5.41, 5.74) is -0.278. The van der Waals surface area contributed by atoms with Crippen molar-refractivity contribution in [3.63, 3.8) is 0 Å². The van der Waals surface area contributed by atoms with Crippen LogP contribution >= 0.6 is 0 Å². The van der Waals surface area contributed by atoms with E-state index in [0.29, 0.717) is 0 Å². The van der Waals surface area contributed by atoms with E-state index in [0.717, 1.165) is 12.8 Å². The smallest absolute Gasteiger partial charge is 0.155 e. The quantitative estimate of drug-likeness (QED) is 0.535. The molecule has 1 saturated heterocycles. The van der Waals surface area contributed by atoms with Gasteiger partial charge in [-0.1, -0.05) is 6.08 Å². The van der Waals surface area contributed by atoms with Crippen molar-refractivity contribution in [2.24, 2.45) is 0 Å². The second-order valence-corrected chi connectivity index (χ2v) is 2.63. The normalized spacial score (nSPS) is 43.1. The van der Waals surface area contributed by atoms with Crippen molar-refractivity contribution in [1.82, 2.24) is 0 Å². The standard InChI is InChI=1S/C7H12O2/c1-3-7(2)5-4-6(8)9-7/h3,6,8H,1,4-5H2,2H3. The van der Waals surface area contributed by atoms with E-state index in [1.807, 2.05) is 6.92 Å². The third-order valence-electron chi connectivity index (χ3n) is 1.72. The lowest BCUT2D eigenvalue weighted by molar-refractivity contribution is -0.112. The first-order chi connectivity index (χ1) is 4.16. The zero-order valence-corrected chi connectivity index (χ0v) is 5.63. The van der Waals surface area contributed by atoms with E-state index in [2.05, 4.69) is 6.58 Å². The number of aliphatic hydroxyl groups is 1. The highest BCUT2D eigenvalue weighted by Gasteiger charge is 2.31. The molecular weight excluding hydrogens is 116 g/mol. The maximum Gasteiger partial charge on any atom is 0.155 e. The minimum Gasteiger partial charge on any atom is -0.368 e. The van der Waals surface area contributed by atoms with Gasteiger partial charge in [-0.15, -0.1) is 6.58 Å². The molecule has 0 amide bonds. The van der Waals surface area contributed by atoms with E-state index >= 15 is 0 Å². The van der Waals surface area contributed by atoms with Crippen LogP contribution in [0.1, 0.15) is 19.8 Å². The number of rotatable bonds is 1. The maximum atomic E-state index is 8.93. The van der Waals surface area contributed by atoms with Gasteiger partial charge in [-0.05, 0) is 13.3 Å². The maximum absolute atomic E-state index is 8.93. The van der Waals surface area contributed by atoms with Crippen molar-refractivity contribution in [3.05, 3.63) is 12.7 Å². The highest BCUT2D eigenvalue weighted by atomic mass is 16.6. The molecule has 2 heteroatoms. The molecule has 0 spiro atoms. The molecule has 1 rings (SSSR count). The Labute approximate surface area is 55.1 Å². The van der Waals surface area contributed by atoms with Gasteiger partial charge >= 0.3 is 0 Å². The molecule has 1 aliphatic heterocycles. The summed E-state index contributed by atoms with van der Waals surface area (Å²) in [7, 11) is 0. The average molecular weight is 128 g/mol. The fraction of sp³-hybridized carbons (Fsp3) is 0.714. The van der Waals surface area contributed by atoms with E-state index in [-0.39, 0.29) is 5.60 Å². The zero-order chi connectivity index (χ0) is 6.91. The minimum absolute atomic E-state index is 0.278. The number of hydrogen-bond donors (Lipinski definition) is 1. The molecule has 1 aliphatic rings. The van der Waals surface area contributed by atoms with E-state index in [9.17, 15) is 0 Å². The van der Waals surface area contributed by atoms with Gasteiger partial charge < -0.3 is 9.84 Å².